The van der Waals surface area contributed by atoms with Gasteiger partial charge in [0.2, 0.25) is 11.8 Å². The van der Waals surface area contributed by atoms with Gasteiger partial charge in [-0.15, -0.1) is 0 Å². The molecular formula is C22H26N4O7. The molecule has 2 heterocycles. The number of carbonyl (C=O) groups excluding carboxylic acids is 6. The summed E-state index contributed by atoms with van der Waals surface area (Å²) in [4.78, 5) is 73.9. The Morgan fingerprint density at radius 2 is 1.79 bits per heavy atom. The number of hydrogen-bond donors (Lipinski definition) is 3. The Labute approximate surface area is 190 Å². The average molecular weight is 458 g/mol. The van der Waals surface area contributed by atoms with Crippen LogP contribution < -0.4 is 20.7 Å². The number of ether oxygens (including phenoxy) is 1. The summed E-state index contributed by atoms with van der Waals surface area (Å²) in [5.74, 6) is -3.00. The van der Waals surface area contributed by atoms with Gasteiger partial charge in [-0.2, -0.15) is 0 Å². The van der Waals surface area contributed by atoms with Crippen LogP contribution in [0.15, 0.2) is 18.2 Å². The summed E-state index contributed by atoms with van der Waals surface area (Å²) >= 11 is 0. The van der Waals surface area contributed by atoms with Crippen LogP contribution in [-0.4, -0.2) is 65.6 Å². The first-order valence-corrected chi connectivity index (χ1v) is 10.7. The first kappa shape index (κ1) is 23.9. The van der Waals surface area contributed by atoms with Crippen molar-refractivity contribution in [2.24, 2.45) is 0 Å². The van der Waals surface area contributed by atoms with E-state index in [2.05, 4.69) is 16.0 Å². The Kier molecular flexibility index (Phi) is 7.10. The molecule has 0 spiro atoms. The average Bonchev–Trinajstić information content (AvgIpc) is 3.03. The molecule has 0 aliphatic carbocycles. The van der Waals surface area contributed by atoms with Crippen LogP contribution >= 0.6 is 0 Å². The number of carbonyl (C=O) groups is 6. The molecule has 3 rings (SSSR count). The summed E-state index contributed by atoms with van der Waals surface area (Å²) < 4.78 is 5.53. The van der Waals surface area contributed by atoms with Gasteiger partial charge < -0.3 is 15.4 Å². The van der Waals surface area contributed by atoms with E-state index in [1.807, 2.05) is 0 Å². The molecule has 6 amide bonds. The summed E-state index contributed by atoms with van der Waals surface area (Å²) in [6.07, 6.45) is 1.39. The lowest BCUT2D eigenvalue weighted by Crippen LogP contribution is -2.62. The molecule has 0 bridgehead atoms. The van der Waals surface area contributed by atoms with E-state index in [9.17, 15) is 28.8 Å². The number of nitrogens with zero attached hydrogens (tertiary/aromatic N) is 1. The highest BCUT2D eigenvalue weighted by atomic mass is 16.5. The summed E-state index contributed by atoms with van der Waals surface area (Å²) in [6.45, 7) is 3.43. The Bertz CT molecular complexity index is 1020. The molecule has 11 nitrogen and oxygen atoms in total. The maximum atomic E-state index is 13.2. The van der Waals surface area contributed by atoms with Crippen molar-refractivity contribution in [1.82, 2.24) is 20.9 Å². The number of hydrogen-bond acceptors (Lipinski definition) is 7. The van der Waals surface area contributed by atoms with Crippen molar-refractivity contribution in [1.29, 1.82) is 0 Å². The highest BCUT2D eigenvalue weighted by Gasteiger charge is 2.53. The predicted molar refractivity (Wildman–Crippen MR) is 114 cm³/mol. The van der Waals surface area contributed by atoms with E-state index in [4.69, 9.17) is 4.74 Å². The van der Waals surface area contributed by atoms with Gasteiger partial charge in [-0.3, -0.25) is 39.0 Å². The monoisotopic (exact) mass is 458 g/mol. The van der Waals surface area contributed by atoms with E-state index in [0.29, 0.717) is 25.9 Å². The molecule has 1 aromatic rings. The number of amides is 6. The molecule has 0 saturated carbocycles. The van der Waals surface area contributed by atoms with Crippen LogP contribution in [0.1, 0.15) is 60.2 Å². The Balaban J connectivity index is 1.62. The minimum atomic E-state index is -1.51. The van der Waals surface area contributed by atoms with Crippen LogP contribution in [0.2, 0.25) is 0 Å². The van der Waals surface area contributed by atoms with Crippen molar-refractivity contribution >= 4 is 35.4 Å². The summed E-state index contributed by atoms with van der Waals surface area (Å²) in [6, 6.07) is 4.45. The number of benzene rings is 1. The summed E-state index contributed by atoms with van der Waals surface area (Å²) in [7, 11) is 0. The second-order valence-electron chi connectivity index (χ2n) is 8.10. The molecular weight excluding hydrogens is 432 g/mol. The fraction of sp³-hybridized carbons (Fsp3) is 0.455. The highest BCUT2D eigenvalue weighted by Crippen LogP contribution is 2.37. The molecule has 3 N–H and O–H groups in total. The van der Waals surface area contributed by atoms with Crippen molar-refractivity contribution in [3.05, 3.63) is 29.3 Å². The van der Waals surface area contributed by atoms with Gasteiger partial charge in [0.1, 0.15) is 11.3 Å². The normalized spacial score (nSPS) is 19.8. The number of fused-ring (bicyclic) bond motifs is 1. The van der Waals surface area contributed by atoms with Crippen molar-refractivity contribution in [2.75, 3.05) is 19.7 Å². The van der Waals surface area contributed by atoms with E-state index < -0.39 is 35.1 Å². The first-order chi connectivity index (χ1) is 15.6. The van der Waals surface area contributed by atoms with Gasteiger partial charge in [0, 0.05) is 26.4 Å². The molecule has 176 valence electrons. The van der Waals surface area contributed by atoms with Gasteiger partial charge in [-0.05, 0) is 38.3 Å². The highest BCUT2D eigenvalue weighted by molar-refractivity contribution is 6.25. The Hall–Kier alpha value is -3.76. The molecule has 33 heavy (non-hydrogen) atoms. The zero-order chi connectivity index (χ0) is 24.2. The zero-order valence-electron chi connectivity index (χ0n) is 18.5. The second kappa shape index (κ2) is 9.80. The van der Waals surface area contributed by atoms with E-state index in [1.54, 1.807) is 0 Å². The fourth-order valence-electron chi connectivity index (χ4n) is 3.77. The minimum absolute atomic E-state index is 0.00396. The molecule has 1 atom stereocenters. The van der Waals surface area contributed by atoms with Gasteiger partial charge >= 0.3 is 0 Å². The van der Waals surface area contributed by atoms with Crippen LogP contribution in [0.3, 0.4) is 0 Å². The molecule has 2 aliphatic heterocycles. The van der Waals surface area contributed by atoms with E-state index >= 15 is 0 Å². The van der Waals surface area contributed by atoms with Gasteiger partial charge in [0.05, 0.1) is 11.1 Å². The van der Waals surface area contributed by atoms with Crippen LogP contribution in [0, 0.1) is 0 Å². The lowest BCUT2D eigenvalue weighted by molar-refractivity contribution is -0.141. The van der Waals surface area contributed by atoms with Crippen LogP contribution in [0.25, 0.3) is 0 Å². The minimum Gasteiger partial charge on any atom is -0.483 e. The second-order valence-corrected chi connectivity index (χ2v) is 8.10. The molecule has 1 fully saturated rings. The fourth-order valence-corrected chi connectivity index (χ4v) is 3.77. The molecule has 0 aromatic heterocycles. The first-order valence-electron chi connectivity index (χ1n) is 10.7. The van der Waals surface area contributed by atoms with Gasteiger partial charge in [0.15, 0.2) is 6.61 Å². The topological polar surface area (TPSA) is 151 Å². The SMILES string of the molecule is CC(=O)NCCCCNC(=O)COc1cccc2c1C(=O)N(C1(C)CCC(=O)NC1=O)C2=O. The standard InChI is InChI=1S/C22H26N4O7/c1-13(27)23-10-3-4-11-24-17(29)12-33-15-7-5-6-14-18(15)20(31)26(19(14)30)22(2)9-8-16(28)25-21(22)32/h5-7H,3-4,8-12H2,1-2H3,(H,23,27)(H,24,29)(H,25,28,32). The third-order valence-corrected chi connectivity index (χ3v) is 5.61. The smallest absolute Gasteiger partial charge is 0.266 e. The van der Waals surface area contributed by atoms with Gasteiger partial charge in [0.25, 0.3) is 23.6 Å². The Morgan fingerprint density at radius 1 is 1.09 bits per heavy atom. The Morgan fingerprint density at radius 3 is 2.45 bits per heavy atom. The van der Waals surface area contributed by atoms with Crippen LogP contribution in [-0.2, 0) is 19.2 Å². The van der Waals surface area contributed by atoms with Gasteiger partial charge in [-0.25, -0.2) is 0 Å². The van der Waals surface area contributed by atoms with Crippen molar-refractivity contribution < 1.29 is 33.5 Å². The molecule has 1 aromatic carbocycles. The molecule has 0 radical (unpaired) electrons. The lowest BCUT2D eigenvalue weighted by Gasteiger charge is -2.38. The molecule has 1 unspecified atom stereocenters. The van der Waals surface area contributed by atoms with Crippen molar-refractivity contribution in [3.63, 3.8) is 0 Å². The van der Waals surface area contributed by atoms with Gasteiger partial charge in [-0.1, -0.05) is 6.07 Å². The largest absolute Gasteiger partial charge is 0.483 e. The van der Waals surface area contributed by atoms with E-state index in [0.717, 1.165) is 4.90 Å². The summed E-state index contributed by atoms with van der Waals surface area (Å²) in [5.41, 5.74) is -1.45. The zero-order valence-corrected chi connectivity index (χ0v) is 18.5. The number of imide groups is 2. The lowest BCUT2D eigenvalue weighted by atomic mass is 9.89. The number of piperidine rings is 1. The number of nitrogens with one attached hydrogen (secondary N) is 3. The maximum absolute atomic E-state index is 13.2. The van der Waals surface area contributed by atoms with Crippen LogP contribution in [0.4, 0.5) is 0 Å². The molecule has 11 heteroatoms. The van der Waals surface area contributed by atoms with E-state index in [-0.39, 0.29) is 42.2 Å². The predicted octanol–water partition coefficient (Wildman–Crippen LogP) is -0.111. The quantitative estimate of drug-likeness (QED) is 0.345. The number of rotatable bonds is 9. The summed E-state index contributed by atoms with van der Waals surface area (Å²) in [5, 5.41) is 7.52. The van der Waals surface area contributed by atoms with Crippen molar-refractivity contribution in [2.45, 2.75) is 45.1 Å². The number of unbranched alkanes of at least 4 members (excludes halogenated alkanes) is 1. The molecule has 2 aliphatic rings. The van der Waals surface area contributed by atoms with Crippen molar-refractivity contribution in [3.8, 4) is 5.75 Å². The third kappa shape index (κ3) is 5.02. The third-order valence-electron chi connectivity index (χ3n) is 5.61. The molecule has 1 saturated heterocycles. The van der Waals surface area contributed by atoms with E-state index in [1.165, 1.54) is 32.0 Å². The maximum Gasteiger partial charge on any atom is 0.266 e. The van der Waals surface area contributed by atoms with Crippen LogP contribution in [0.5, 0.6) is 5.75 Å².